The highest BCUT2D eigenvalue weighted by Crippen LogP contribution is 2.25. The van der Waals surface area contributed by atoms with Crippen molar-refractivity contribution in [1.82, 2.24) is 20.3 Å². The first kappa shape index (κ1) is 34.5. The topological polar surface area (TPSA) is 134 Å². The van der Waals surface area contributed by atoms with Gasteiger partial charge in [0.15, 0.2) is 11.4 Å². The molecule has 0 aliphatic carbocycles. The summed E-state index contributed by atoms with van der Waals surface area (Å²) < 4.78 is 0. The fraction of sp³-hybridized carbons (Fsp3) is 0.448. The molecule has 1 aliphatic rings. The maximum atomic E-state index is 13.0. The lowest BCUT2D eigenvalue weighted by atomic mass is 9.82. The van der Waals surface area contributed by atoms with Gasteiger partial charge in [0.05, 0.1) is 19.2 Å². The van der Waals surface area contributed by atoms with Gasteiger partial charge in [-0.15, -0.1) is 0 Å². The van der Waals surface area contributed by atoms with E-state index in [-0.39, 0.29) is 17.7 Å². The number of carboxylic acids is 1. The molecule has 0 spiro atoms. The van der Waals surface area contributed by atoms with Crippen molar-refractivity contribution >= 4 is 37.4 Å². The number of likely N-dealkylation sites (N-methyl/N-ethyl adjacent to an activating group) is 1. The van der Waals surface area contributed by atoms with Crippen LogP contribution in [0.3, 0.4) is 0 Å². The summed E-state index contributed by atoms with van der Waals surface area (Å²) >= 11 is 0. The van der Waals surface area contributed by atoms with Gasteiger partial charge in [0.25, 0.3) is 0 Å². The van der Waals surface area contributed by atoms with Crippen LogP contribution < -0.4 is 10.5 Å². The Hall–Kier alpha value is -3.71. The van der Waals surface area contributed by atoms with Gasteiger partial charge in [-0.2, -0.15) is 0 Å². The van der Waals surface area contributed by atoms with Crippen LogP contribution in [0.5, 0.6) is 0 Å². The molecule has 0 unspecified atom stereocenters. The lowest BCUT2D eigenvalue weighted by Gasteiger charge is -2.36. The predicted octanol–water partition coefficient (Wildman–Crippen LogP) is 2.68. The highest BCUT2D eigenvalue weighted by molar-refractivity contribution is 6.46. The Morgan fingerprint density at radius 3 is 1.52 bits per heavy atom. The van der Waals surface area contributed by atoms with Crippen LogP contribution in [0.15, 0.2) is 48.5 Å². The van der Waals surface area contributed by atoms with Crippen molar-refractivity contribution in [3.8, 4) is 0 Å². The third-order valence-corrected chi connectivity index (χ3v) is 7.28. The first-order valence-electron chi connectivity index (χ1n) is 13.9. The van der Waals surface area contributed by atoms with E-state index in [2.05, 4.69) is 32.1 Å². The zero-order valence-electron chi connectivity index (χ0n) is 24.9. The summed E-state index contributed by atoms with van der Waals surface area (Å²) in [5.74, 6) is -1.41. The van der Waals surface area contributed by atoms with Gasteiger partial charge < -0.3 is 35.4 Å². The SMILES string of the molecule is [C-]#[N+]c1ccc([C@H](C)[C@@H](NB(C)O)C(=O)N2CCN(C)CC2)cc1.[C-]#[N+]c1ccc([C@H](C)[C@@H](NB(C)O)C(=O)O)cc1. The fourth-order valence-corrected chi connectivity index (χ4v) is 4.69. The van der Waals surface area contributed by atoms with E-state index in [0.29, 0.717) is 24.5 Å². The predicted molar refractivity (Wildman–Crippen MR) is 165 cm³/mol. The molecular weight excluding hydrogens is 534 g/mol. The van der Waals surface area contributed by atoms with Gasteiger partial charge in [0.2, 0.25) is 5.91 Å². The molecule has 42 heavy (non-hydrogen) atoms. The van der Waals surface area contributed by atoms with E-state index < -0.39 is 32.2 Å². The quantitative estimate of drug-likeness (QED) is 0.216. The molecule has 1 amide bonds. The molecule has 2 aromatic carbocycles. The minimum Gasteiger partial charge on any atom is -0.480 e. The second kappa shape index (κ2) is 16.7. The number of amides is 1. The Kier molecular flexibility index (Phi) is 13.7. The largest absolute Gasteiger partial charge is 0.480 e. The number of rotatable bonds is 10. The average molecular weight is 574 g/mol. The van der Waals surface area contributed by atoms with Crippen molar-refractivity contribution in [3.63, 3.8) is 0 Å². The fourth-order valence-electron chi connectivity index (χ4n) is 4.69. The van der Waals surface area contributed by atoms with Gasteiger partial charge in [-0.25, -0.2) is 9.69 Å². The monoisotopic (exact) mass is 574 g/mol. The minimum atomic E-state index is -1.02. The van der Waals surface area contributed by atoms with Crippen molar-refractivity contribution in [2.45, 2.75) is 51.4 Å². The average Bonchev–Trinajstić information content (AvgIpc) is 2.98. The van der Waals surface area contributed by atoms with Gasteiger partial charge in [0, 0.05) is 38.0 Å². The lowest BCUT2D eigenvalue weighted by Crippen LogP contribution is -2.57. The Labute approximate surface area is 249 Å². The zero-order valence-corrected chi connectivity index (χ0v) is 24.9. The molecule has 0 saturated carbocycles. The third-order valence-electron chi connectivity index (χ3n) is 7.28. The van der Waals surface area contributed by atoms with Crippen LogP contribution >= 0.6 is 0 Å². The molecule has 0 bridgehead atoms. The van der Waals surface area contributed by atoms with Crippen LogP contribution in [-0.2, 0) is 9.59 Å². The van der Waals surface area contributed by atoms with E-state index in [0.717, 1.165) is 24.2 Å². The number of nitrogens with zero attached hydrogens (tertiary/aromatic N) is 4. The smallest absolute Gasteiger partial charge is 0.374 e. The van der Waals surface area contributed by atoms with Crippen molar-refractivity contribution in [2.75, 3.05) is 33.2 Å². The van der Waals surface area contributed by atoms with Crippen LogP contribution in [0.1, 0.15) is 36.8 Å². The lowest BCUT2D eigenvalue weighted by molar-refractivity contribution is -0.139. The molecular formula is C29H40B2N6O5. The van der Waals surface area contributed by atoms with E-state index in [1.165, 1.54) is 6.82 Å². The van der Waals surface area contributed by atoms with Crippen molar-refractivity contribution in [3.05, 3.63) is 82.5 Å². The van der Waals surface area contributed by atoms with Crippen LogP contribution in [0, 0.1) is 13.1 Å². The molecule has 4 atom stereocenters. The number of carbonyl (C=O) groups excluding carboxylic acids is 1. The van der Waals surface area contributed by atoms with Gasteiger partial charge in [-0.05, 0) is 31.8 Å². The van der Waals surface area contributed by atoms with Crippen LogP contribution in [0.4, 0.5) is 11.4 Å². The number of hydrogen-bond donors (Lipinski definition) is 5. The number of benzene rings is 2. The second-order valence-corrected chi connectivity index (χ2v) is 10.6. The molecule has 0 radical (unpaired) electrons. The molecule has 0 aromatic heterocycles. The molecule has 13 heteroatoms. The van der Waals surface area contributed by atoms with E-state index in [9.17, 15) is 19.6 Å². The van der Waals surface area contributed by atoms with Gasteiger partial charge >= 0.3 is 20.1 Å². The molecule has 3 rings (SSSR count). The molecule has 5 N–H and O–H groups in total. The summed E-state index contributed by atoms with van der Waals surface area (Å²) in [6.45, 7) is 23.9. The van der Waals surface area contributed by atoms with E-state index in [4.69, 9.17) is 18.3 Å². The normalized spacial score (nSPS) is 16.0. The molecule has 1 aliphatic heterocycles. The molecule has 1 saturated heterocycles. The molecule has 1 fully saturated rings. The number of carbonyl (C=O) groups is 2. The van der Waals surface area contributed by atoms with E-state index in [1.54, 1.807) is 50.1 Å². The van der Waals surface area contributed by atoms with Gasteiger partial charge in [0.1, 0.15) is 6.04 Å². The second-order valence-electron chi connectivity index (χ2n) is 10.6. The van der Waals surface area contributed by atoms with E-state index >= 15 is 0 Å². The number of hydrogen-bond acceptors (Lipinski definition) is 7. The number of aliphatic carboxylic acids is 1. The Morgan fingerprint density at radius 2 is 1.17 bits per heavy atom. The Morgan fingerprint density at radius 1 is 0.786 bits per heavy atom. The number of piperazine rings is 1. The van der Waals surface area contributed by atoms with E-state index in [1.807, 2.05) is 24.0 Å². The summed E-state index contributed by atoms with van der Waals surface area (Å²) in [7, 11) is 0.391. The summed E-state index contributed by atoms with van der Waals surface area (Å²) in [6, 6.07) is 12.7. The number of carboxylic acid groups (broad SMARTS) is 1. The van der Waals surface area contributed by atoms with Crippen molar-refractivity contribution < 1.29 is 24.7 Å². The van der Waals surface area contributed by atoms with Gasteiger partial charge in [-0.1, -0.05) is 62.4 Å². The van der Waals surface area contributed by atoms with Crippen LogP contribution in [-0.4, -0.2) is 96.2 Å². The summed E-state index contributed by atoms with van der Waals surface area (Å²) in [6.07, 6.45) is 0. The Balaban J connectivity index is 0.000000307. The molecule has 11 nitrogen and oxygen atoms in total. The highest BCUT2D eigenvalue weighted by Gasteiger charge is 2.33. The first-order chi connectivity index (χ1) is 19.9. The van der Waals surface area contributed by atoms with Gasteiger partial charge in [-0.3, -0.25) is 9.59 Å². The zero-order chi connectivity index (χ0) is 31.4. The van der Waals surface area contributed by atoms with Crippen LogP contribution in [0.25, 0.3) is 9.69 Å². The minimum absolute atomic E-state index is 0.0192. The van der Waals surface area contributed by atoms with Crippen LogP contribution in [0.2, 0.25) is 13.6 Å². The summed E-state index contributed by atoms with van der Waals surface area (Å²) in [5, 5.41) is 33.7. The maximum Gasteiger partial charge on any atom is 0.374 e. The summed E-state index contributed by atoms with van der Waals surface area (Å²) in [5.41, 5.74) is 2.88. The number of nitrogens with one attached hydrogen (secondary N) is 2. The molecule has 222 valence electrons. The Bertz CT molecular complexity index is 1240. The maximum absolute atomic E-state index is 13.0. The standard InChI is InChI=1S/C17H25BN4O2.C12H15BN2O3/c1-13(14-5-7-15(19-3)8-6-14)16(20-18(2)24)17(23)22-11-9-21(4)10-12-22;1-8(11(12(16)17)15-13(2)18)9-4-6-10(14-3)7-5-9/h5-8,13,16,20,24H,9-12H2,1-2,4H3;4-8,11,15,18H,1-2H3,(H,16,17)/t13-,16+;8-,11+/m00/s1. The van der Waals surface area contributed by atoms with Crippen molar-refractivity contribution in [1.29, 1.82) is 0 Å². The summed E-state index contributed by atoms with van der Waals surface area (Å²) in [4.78, 5) is 34.9. The first-order valence-corrected chi connectivity index (χ1v) is 13.9. The van der Waals surface area contributed by atoms with Crippen molar-refractivity contribution in [2.24, 2.45) is 0 Å². The third kappa shape index (κ3) is 10.3. The highest BCUT2D eigenvalue weighted by atomic mass is 16.4. The molecule has 2 aromatic rings. The molecule has 1 heterocycles.